The van der Waals surface area contributed by atoms with Crippen LogP contribution in [0.15, 0.2) is 18.2 Å². The monoisotopic (exact) mass is 537 g/mol. The van der Waals surface area contributed by atoms with Gasteiger partial charge in [0.2, 0.25) is 5.91 Å². The van der Waals surface area contributed by atoms with Crippen LogP contribution in [-0.4, -0.2) is 63.7 Å². The molecule has 0 heterocycles. The Morgan fingerprint density at radius 3 is 2.29 bits per heavy atom. The third kappa shape index (κ3) is 11.9. The van der Waals surface area contributed by atoms with E-state index in [0.29, 0.717) is 50.8 Å². The van der Waals surface area contributed by atoms with E-state index in [2.05, 4.69) is 25.2 Å². The van der Waals surface area contributed by atoms with Crippen LogP contribution in [0.4, 0.5) is 0 Å². The number of hydrogen-bond donors (Lipinski definition) is 4. The number of methoxy groups -OCH3 is 2. The van der Waals surface area contributed by atoms with E-state index in [1.54, 1.807) is 14.2 Å². The first-order valence-electron chi connectivity index (χ1n) is 14.0. The molecule has 0 aliphatic carbocycles. The topological polar surface area (TPSA) is 129 Å². The summed E-state index contributed by atoms with van der Waals surface area (Å²) in [5, 5.41) is 14.1. The Hall–Kier alpha value is -1.87. The van der Waals surface area contributed by atoms with Crippen LogP contribution in [0.25, 0.3) is 0 Å². The van der Waals surface area contributed by atoms with Crippen molar-refractivity contribution in [3.8, 4) is 11.5 Å². The van der Waals surface area contributed by atoms with Crippen molar-refractivity contribution in [2.24, 2.45) is 40.6 Å². The van der Waals surface area contributed by atoms with Gasteiger partial charge in [0.05, 0.1) is 19.8 Å². The Bertz CT molecular complexity index is 815. The lowest BCUT2D eigenvalue weighted by Crippen LogP contribution is -2.45. The number of carbonyl (C=O) groups excluding carboxylic acids is 1. The molecule has 0 bridgehead atoms. The van der Waals surface area contributed by atoms with Crippen LogP contribution in [0.2, 0.25) is 0 Å². The number of hydrogen-bond acceptors (Lipinski definition) is 7. The number of ether oxygens (including phenoxy) is 3. The quantitative estimate of drug-likeness (QED) is 0.198. The van der Waals surface area contributed by atoms with Gasteiger partial charge in [-0.15, -0.1) is 0 Å². The van der Waals surface area contributed by atoms with Crippen molar-refractivity contribution >= 4 is 5.91 Å². The maximum atomic E-state index is 12.9. The molecule has 4 atom stereocenters. The highest BCUT2D eigenvalue weighted by Crippen LogP contribution is 2.32. The molecule has 6 N–H and O–H groups in total. The number of amides is 1. The Morgan fingerprint density at radius 2 is 1.74 bits per heavy atom. The number of carbonyl (C=O) groups is 1. The van der Waals surface area contributed by atoms with Crippen LogP contribution in [0.1, 0.15) is 66.4 Å². The lowest BCUT2D eigenvalue weighted by molar-refractivity contribution is -0.128. The zero-order valence-corrected chi connectivity index (χ0v) is 25.1. The summed E-state index contributed by atoms with van der Waals surface area (Å²) in [7, 11) is 3.31. The van der Waals surface area contributed by atoms with E-state index in [4.69, 9.17) is 25.7 Å². The van der Waals surface area contributed by atoms with E-state index in [1.807, 2.05) is 39.8 Å². The third-order valence-corrected chi connectivity index (χ3v) is 7.42. The molecule has 0 fully saturated rings. The van der Waals surface area contributed by atoms with E-state index < -0.39 is 12.1 Å². The first-order chi connectivity index (χ1) is 17.8. The largest absolute Gasteiger partial charge is 0.493 e. The molecule has 1 aromatic carbocycles. The molecular formula is C30H55N3O5. The highest BCUT2D eigenvalue weighted by Gasteiger charge is 2.30. The fourth-order valence-electron chi connectivity index (χ4n) is 4.39. The molecule has 0 aromatic heterocycles. The molecule has 1 amide bonds. The molecule has 1 aromatic rings. The van der Waals surface area contributed by atoms with Crippen LogP contribution in [0.5, 0.6) is 11.5 Å². The summed E-state index contributed by atoms with van der Waals surface area (Å²) in [6.45, 7) is 14.6. The summed E-state index contributed by atoms with van der Waals surface area (Å²) in [5.41, 5.74) is 13.3. The van der Waals surface area contributed by atoms with Crippen molar-refractivity contribution < 1.29 is 24.1 Å². The van der Waals surface area contributed by atoms with Crippen LogP contribution >= 0.6 is 0 Å². The SMILES string of the molecule is COCCCOc1cc(CC(CC(N)C(O)CC(C(=O)NCC(C)(C)CN)C(C)C)C(C)C)ccc1OC. The number of aliphatic hydroxyl groups is 1. The normalized spacial score (nSPS) is 15.3. The number of nitrogens with two attached hydrogens (primary N) is 2. The summed E-state index contributed by atoms with van der Waals surface area (Å²) in [6, 6.07) is 5.59. The van der Waals surface area contributed by atoms with Crippen molar-refractivity contribution in [2.45, 2.75) is 79.4 Å². The van der Waals surface area contributed by atoms with Gasteiger partial charge in [0.15, 0.2) is 11.5 Å². The minimum Gasteiger partial charge on any atom is -0.493 e. The molecule has 220 valence electrons. The van der Waals surface area contributed by atoms with Crippen molar-refractivity contribution in [1.29, 1.82) is 0 Å². The first-order valence-corrected chi connectivity index (χ1v) is 14.0. The lowest BCUT2D eigenvalue weighted by Gasteiger charge is -2.31. The van der Waals surface area contributed by atoms with Gasteiger partial charge in [-0.2, -0.15) is 0 Å². The Labute approximate surface area is 231 Å². The molecule has 0 aliphatic rings. The Kier molecular flexibility index (Phi) is 15.2. The summed E-state index contributed by atoms with van der Waals surface area (Å²) < 4.78 is 16.5. The van der Waals surface area contributed by atoms with Gasteiger partial charge in [-0.3, -0.25) is 4.79 Å². The van der Waals surface area contributed by atoms with Crippen LogP contribution in [0.3, 0.4) is 0 Å². The van der Waals surface area contributed by atoms with Gasteiger partial charge < -0.3 is 36.1 Å². The van der Waals surface area contributed by atoms with Crippen LogP contribution in [0, 0.1) is 29.1 Å². The lowest BCUT2D eigenvalue weighted by atomic mass is 9.80. The summed E-state index contributed by atoms with van der Waals surface area (Å²) in [5.74, 6) is 1.75. The van der Waals surface area contributed by atoms with Gasteiger partial charge in [0.25, 0.3) is 0 Å². The molecule has 0 spiro atoms. The molecule has 0 aliphatic heterocycles. The van der Waals surface area contributed by atoms with E-state index in [9.17, 15) is 9.90 Å². The summed E-state index contributed by atoms with van der Waals surface area (Å²) in [4.78, 5) is 12.9. The molecule has 0 radical (unpaired) electrons. The maximum Gasteiger partial charge on any atom is 0.223 e. The fourth-order valence-corrected chi connectivity index (χ4v) is 4.39. The van der Waals surface area contributed by atoms with Crippen molar-refractivity contribution in [3.63, 3.8) is 0 Å². The Morgan fingerprint density at radius 1 is 1.05 bits per heavy atom. The molecular weight excluding hydrogens is 482 g/mol. The maximum absolute atomic E-state index is 12.9. The zero-order valence-electron chi connectivity index (χ0n) is 25.1. The van der Waals surface area contributed by atoms with Gasteiger partial charge in [-0.1, -0.05) is 47.6 Å². The predicted molar refractivity (Wildman–Crippen MR) is 154 cm³/mol. The van der Waals surface area contributed by atoms with Gasteiger partial charge >= 0.3 is 0 Å². The van der Waals surface area contributed by atoms with Gasteiger partial charge in [-0.25, -0.2) is 0 Å². The van der Waals surface area contributed by atoms with E-state index in [-0.39, 0.29) is 29.1 Å². The zero-order chi connectivity index (χ0) is 28.9. The fraction of sp³-hybridized carbons (Fsp3) is 0.767. The number of aliphatic hydroxyl groups excluding tert-OH is 1. The van der Waals surface area contributed by atoms with E-state index >= 15 is 0 Å². The van der Waals surface area contributed by atoms with E-state index in [0.717, 1.165) is 24.2 Å². The van der Waals surface area contributed by atoms with E-state index in [1.165, 1.54) is 0 Å². The molecule has 1 rings (SSSR count). The standard InChI is InChI=1S/C30H55N3O5/c1-20(2)23(14-22-10-11-27(37-8)28(15-22)38-13-9-12-36-7)16-25(32)26(34)17-24(21(3)4)29(35)33-19-30(5,6)18-31/h10-11,15,20-21,23-26,34H,9,12-14,16-19,31-32H2,1-8H3,(H,33,35). The second-order valence-electron chi connectivity index (χ2n) is 12.0. The van der Waals surface area contributed by atoms with Crippen molar-refractivity contribution in [1.82, 2.24) is 5.32 Å². The molecule has 0 saturated carbocycles. The average Bonchev–Trinajstić information content (AvgIpc) is 2.87. The van der Waals surface area contributed by atoms with Gasteiger partial charge in [0.1, 0.15) is 0 Å². The second kappa shape index (κ2) is 17.0. The minimum absolute atomic E-state index is 0.0514. The number of rotatable bonds is 19. The van der Waals surface area contributed by atoms with Crippen molar-refractivity contribution in [3.05, 3.63) is 23.8 Å². The summed E-state index contributed by atoms with van der Waals surface area (Å²) in [6.07, 6.45) is 1.82. The minimum atomic E-state index is -0.771. The number of benzene rings is 1. The highest BCUT2D eigenvalue weighted by molar-refractivity contribution is 5.79. The van der Waals surface area contributed by atoms with Crippen LogP contribution in [-0.2, 0) is 16.0 Å². The molecule has 8 heteroatoms. The third-order valence-electron chi connectivity index (χ3n) is 7.42. The molecule has 4 unspecified atom stereocenters. The average molecular weight is 538 g/mol. The molecule has 8 nitrogen and oxygen atoms in total. The first kappa shape index (κ1) is 34.2. The van der Waals surface area contributed by atoms with Gasteiger partial charge in [0, 0.05) is 38.6 Å². The van der Waals surface area contributed by atoms with Crippen LogP contribution < -0.4 is 26.3 Å². The molecule has 38 heavy (non-hydrogen) atoms. The summed E-state index contributed by atoms with van der Waals surface area (Å²) >= 11 is 0. The Balaban J connectivity index is 2.85. The highest BCUT2D eigenvalue weighted by atomic mass is 16.5. The number of nitrogens with one attached hydrogen (secondary N) is 1. The second-order valence-corrected chi connectivity index (χ2v) is 12.0. The molecule has 0 saturated heterocycles. The van der Waals surface area contributed by atoms with Gasteiger partial charge in [-0.05, 0) is 66.7 Å². The van der Waals surface area contributed by atoms with Crippen molar-refractivity contribution in [2.75, 3.05) is 40.5 Å². The smallest absolute Gasteiger partial charge is 0.223 e. The predicted octanol–water partition coefficient (Wildman–Crippen LogP) is 3.77.